The summed E-state index contributed by atoms with van der Waals surface area (Å²) in [5.41, 5.74) is 0.676. The number of esters is 1. The quantitative estimate of drug-likeness (QED) is 0.146. The number of halogens is 1. The zero-order valence-corrected chi connectivity index (χ0v) is 27.2. The van der Waals surface area contributed by atoms with Gasteiger partial charge in [0, 0.05) is 9.75 Å². The predicted molar refractivity (Wildman–Crippen MR) is 167 cm³/mol. The van der Waals surface area contributed by atoms with Gasteiger partial charge in [0.1, 0.15) is 6.10 Å². The molecule has 1 aliphatic rings. The van der Waals surface area contributed by atoms with Crippen molar-refractivity contribution in [1.29, 1.82) is 0 Å². The molecule has 1 atom stereocenters. The molecular weight excluding hydrogens is 600 g/mol. The monoisotopic (exact) mass is 642 g/mol. The molecule has 4 nitrogen and oxygen atoms in total. The van der Waals surface area contributed by atoms with Crippen molar-refractivity contribution in [2.45, 2.75) is 97.9 Å². The van der Waals surface area contributed by atoms with E-state index in [1.807, 2.05) is 30.5 Å². The molecule has 1 aliphatic heterocycles. The maximum absolute atomic E-state index is 12.3. The first kappa shape index (κ1) is 33.2. The van der Waals surface area contributed by atoms with Gasteiger partial charge < -0.3 is 14.2 Å². The van der Waals surface area contributed by atoms with Crippen molar-refractivity contribution in [2.75, 3.05) is 13.2 Å². The average molecular weight is 644 g/mol. The SMILES string of the molecule is CCCCCCCC(CCCC)OC(=O)c1cc(C)sc1Br.Cc1cccs1.c1csc(C2OCCO2)c1. The van der Waals surface area contributed by atoms with Crippen LogP contribution in [-0.4, -0.2) is 25.3 Å². The second-order valence-electron chi connectivity index (χ2n) is 9.23. The normalized spacial score (nSPS) is 13.8. The topological polar surface area (TPSA) is 44.8 Å². The minimum absolute atomic E-state index is 0.0705. The van der Waals surface area contributed by atoms with Gasteiger partial charge in [-0.1, -0.05) is 64.5 Å². The van der Waals surface area contributed by atoms with Crippen molar-refractivity contribution >= 4 is 55.9 Å². The number of rotatable bonds is 12. The summed E-state index contributed by atoms with van der Waals surface area (Å²) in [5, 5.41) is 4.11. The fourth-order valence-electron chi connectivity index (χ4n) is 3.82. The lowest BCUT2D eigenvalue weighted by molar-refractivity contribution is -0.0413. The van der Waals surface area contributed by atoms with Gasteiger partial charge in [0.15, 0.2) is 6.29 Å². The molecule has 0 aromatic carbocycles. The number of unbranched alkanes of at least 4 members (excludes halogenated alkanes) is 5. The van der Waals surface area contributed by atoms with Crippen LogP contribution in [0.25, 0.3) is 0 Å². The molecule has 3 aromatic heterocycles. The van der Waals surface area contributed by atoms with Gasteiger partial charge in [-0.2, -0.15) is 0 Å². The highest BCUT2D eigenvalue weighted by molar-refractivity contribution is 9.11. The van der Waals surface area contributed by atoms with E-state index in [-0.39, 0.29) is 18.4 Å². The smallest absolute Gasteiger partial charge is 0.340 e. The van der Waals surface area contributed by atoms with Crippen LogP contribution in [0, 0.1) is 13.8 Å². The second kappa shape index (κ2) is 19.9. The van der Waals surface area contributed by atoms with E-state index in [2.05, 4.69) is 54.2 Å². The molecule has 0 saturated carbocycles. The largest absolute Gasteiger partial charge is 0.459 e. The minimum Gasteiger partial charge on any atom is -0.459 e. The Morgan fingerprint density at radius 1 is 0.947 bits per heavy atom. The number of hydrogen-bond donors (Lipinski definition) is 0. The van der Waals surface area contributed by atoms with Gasteiger partial charge in [0.2, 0.25) is 0 Å². The van der Waals surface area contributed by atoms with Crippen molar-refractivity contribution in [3.8, 4) is 0 Å². The van der Waals surface area contributed by atoms with Crippen LogP contribution in [0.3, 0.4) is 0 Å². The van der Waals surface area contributed by atoms with Crippen LogP contribution >= 0.6 is 49.9 Å². The fourth-order valence-corrected chi connectivity index (χ4v) is 6.82. The van der Waals surface area contributed by atoms with Crippen molar-refractivity contribution in [3.63, 3.8) is 0 Å². The van der Waals surface area contributed by atoms with Gasteiger partial charge in [0.05, 0.1) is 27.4 Å². The molecule has 8 heteroatoms. The second-order valence-corrected chi connectivity index (χ2v) is 13.9. The third-order valence-electron chi connectivity index (χ3n) is 5.87. The zero-order valence-electron chi connectivity index (χ0n) is 23.2. The van der Waals surface area contributed by atoms with E-state index in [9.17, 15) is 4.79 Å². The van der Waals surface area contributed by atoms with E-state index in [1.165, 1.54) is 30.6 Å². The molecule has 0 radical (unpaired) electrons. The number of ether oxygens (including phenoxy) is 3. The summed E-state index contributed by atoms with van der Waals surface area (Å²) in [6.07, 6.45) is 10.5. The zero-order chi connectivity index (χ0) is 27.6. The van der Waals surface area contributed by atoms with Crippen LogP contribution in [0.5, 0.6) is 0 Å². The van der Waals surface area contributed by atoms with Gasteiger partial charge in [-0.15, -0.1) is 34.0 Å². The molecule has 0 spiro atoms. The van der Waals surface area contributed by atoms with E-state index in [0.717, 1.165) is 58.9 Å². The summed E-state index contributed by atoms with van der Waals surface area (Å²) in [6.45, 7) is 9.97. The summed E-state index contributed by atoms with van der Waals surface area (Å²) in [7, 11) is 0. The molecule has 212 valence electrons. The molecule has 1 unspecified atom stereocenters. The van der Waals surface area contributed by atoms with Crippen molar-refractivity contribution in [2.24, 2.45) is 0 Å². The number of carbonyl (C=O) groups excluding carboxylic acids is 1. The summed E-state index contributed by atoms with van der Waals surface area (Å²) in [5.74, 6) is -0.175. The highest BCUT2D eigenvalue weighted by Gasteiger charge is 2.20. The van der Waals surface area contributed by atoms with E-state index in [4.69, 9.17) is 14.2 Å². The fraction of sp³-hybridized carbons (Fsp3) is 0.567. The highest BCUT2D eigenvalue weighted by atomic mass is 79.9. The highest BCUT2D eigenvalue weighted by Crippen LogP contribution is 2.29. The average Bonchev–Trinajstić information content (AvgIpc) is 3.71. The first-order valence-electron chi connectivity index (χ1n) is 13.7. The molecule has 0 bridgehead atoms. The van der Waals surface area contributed by atoms with E-state index in [1.54, 1.807) is 34.0 Å². The summed E-state index contributed by atoms with van der Waals surface area (Å²) in [4.78, 5) is 16.0. The molecular formula is C30H43BrO4S3. The van der Waals surface area contributed by atoms with Gasteiger partial charge in [-0.3, -0.25) is 0 Å². The lowest BCUT2D eigenvalue weighted by Gasteiger charge is -2.17. The maximum atomic E-state index is 12.3. The Hall–Kier alpha value is -1.03. The molecule has 1 fully saturated rings. The molecule has 4 heterocycles. The van der Waals surface area contributed by atoms with Gasteiger partial charge >= 0.3 is 5.97 Å². The molecule has 3 aromatic rings. The van der Waals surface area contributed by atoms with Crippen LogP contribution in [0.1, 0.15) is 103 Å². The molecule has 4 rings (SSSR count). The number of hydrogen-bond acceptors (Lipinski definition) is 7. The Morgan fingerprint density at radius 3 is 2.13 bits per heavy atom. The molecule has 0 amide bonds. The van der Waals surface area contributed by atoms with Crippen LogP contribution in [0.2, 0.25) is 0 Å². The Bertz CT molecular complexity index is 979. The molecule has 1 saturated heterocycles. The lowest BCUT2D eigenvalue weighted by Crippen LogP contribution is -2.18. The summed E-state index contributed by atoms with van der Waals surface area (Å²) in [6, 6.07) is 10.1. The van der Waals surface area contributed by atoms with Gasteiger partial charge in [0.25, 0.3) is 0 Å². The third-order valence-corrected chi connectivity index (χ3v) is 9.32. The van der Waals surface area contributed by atoms with E-state index < -0.39 is 0 Å². The minimum atomic E-state index is -0.175. The Balaban J connectivity index is 0.000000254. The number of aryl methyl sites for hydroxylation is 2. The Kier molecular flexibility index (Phi) is 17.4. The Labute approximate surface area is 249 Å². The van der Waals surface area contributed by atoms with Gasteiger partial charge in [-0.25, -0.2) is 4.79 Å². The van der Waals surface area contributed by atoms with Crippen molar-refractivity contribution in [1.82, 2.24) is 0 Å². The maximum Gasteiger partial charge on any atom is 0.340 e. The van der Waals surface area contributed by atoms with E-state index >= 15 is 0 Å². The van der Waals surface area contributed by atoms with Gasteiger partial charge in [-0.05, 0) is 78.0 Å². The van der Waals surface area contributed by atoms with Crippen molar-refractivity contribution in [3.05, 3.63) is 65.1 Å². The molecule has 0 aliphatic carbocycles. The molecule has 38 heavy (non-hydrogen) atoms. The Morgan fingerprint density at radius 2 is 1.61 bits per heavy atom. The summed E-state index contributed by atoms with van der Waals surface area (Å²) < 4.78 is 17.2. The third kappa shape index (κ3) is 13.4. The summed E-state index contributed by atoms with van der Waals surface area (Å²) >= 11 is 8.49. The number of thiophene rings is 3. The van der Waals surface area contributed by atoms with Crippen LogP contribution in [0.4, 0.5) is 0 Å². The first-order valence-corrected chi connectivity index (χ1v) is 17.0. The van der Waals surface area contributed by atoms with Crippen LogP contribution in [0.15, 0.2) is 44.9 Å². The first-order chi connectivity index (χ1) is 18.4. The number of carbonyl (C=O) groups is 1. The van der Waals surface area contributed by atoms with Crippen LogP contribution < -0.4 is 0 Å². The lowest BCUT2D eigenvalue weighted by atomic mass is 10.0. The standard InChI is InChI=1S/C18H29BrO2S.C7H8O2S.C5H6S/c1-4-6-8-9-10-12-15(11-7-5-2)21-18(20)16-13-14(3)22-17(16)19;1-2-6(10-5-1)7-8-3-4-9-7;1-5-3-2-4-6-5/h13,15H,4-12H2,1-3H3;1-2,5,7H,3-4H2;2-4H,1H3. The van der Waals surface area contributed by atoms with Crippen molar-refractivity contribution < 1.29 is 19.0 Å². The molecule has 0 N–H and O–H groups in total. The van der Waals surface area contributed by atoms with E-state index in [0.29, 0.717) is 5.56 Å². The predicted octanol–water partition coefficient (Wildman–Crippen LogP) is 10.7. The van der Waals surface area contributed by atoms with Crippen LogP contribution in [-0.2, 0) is 14.2 Å².